The molecule has 3 amide bonds. The fourth-order valence-corrected chi connectivity index (χ4v) is 1.65. The highest BCUT2D eigenvalue weighted by Gasteiger charge is 2.05. The molecule has 0 atom stereocenters. The van der Waals surface area contributed by atoms with E-state index in [-0.39, 0.29) is 6.61 Å². The maximum atomic E-state index is 11.5. The molecule has 22 heavy (non-hydrogen) atoms. The lowest BCUT2D eigenvalue weighted by Crippen LogP contribution is -2.45. The van der Waals surface area contributed by atoms with Crippen molar-refractivity contribution in [2.45, 2.75) is 0 Å². The zero-order valence-electron chi connectivity index (χ0n) is 11.5. The number of benzene rings is 2. The molecule has 2 aromatic rings. The van der Waals surface area contributed by atoms with Crippen LogP contribution in [0.15, 0.2) is 54.6 Å². The van der Waals surface area contributed by atoms with E-state index in [0.717, 1.165) is 0 Å². The van der Waals surface area contributed by atoms with Crippen molar-refractivity contribution in [2.24, 2.45) is 0 Å². The van der Waals surface area contributed by atoms with Crippen molar-refractivity contribution in [1.29, 1.82) is 0 Å². The van der Waals surface area contributed by atoms with Crippen LogP contribution in [-0.2, 0) is 4.79 Å². The molecule has 2 aromatic carbocycles. The molecule has 6 nitrogen and oxygen atoms in total. The molecular formula is C15H14ClN3O3. The molecule has 114 valence electrons. The fraction of sp³-hybridized carbons (Fsp3) is 0.0667. The second-order valence-electron chi connectivity index (χ2n) is 4.24. The summed E-state index contributed by atoms with van der Waals surface area (Å²) >= 11 is 5.74. The number of ether oxygens (including phenoxy) is 1. The van der Waals surface area contributed by atoms with Gasteiger partial charge in [0.2, 0.25) is 0 Å². The summed E-state index contributed by atoms with van der Waals surface area (Å²) in [5.41, 5.74) is 5.08. The molecule has 0 radical (unpaired) electrons. The van der Waals surface area contributed by atoms with Gasteiger partial charge in [-0.05, 0) is 36.4 Å². The number of rotatable bonds is 4. The molecular weight excluding hydrogens is 306 g/mol. The van der Waals surface area contributed by atoms with Crippen LogP contribution in [0.5, 0.6) is 5.75 Å². The van der Waals surface area contributed by atoms with E-state index >= 15 is 0 Å². The highest BCUT2D eigenvalue weighted by Crippen LogP contribution is 2.15. The highest BCUT2D eigenvalue weighted by molar-refractivity contribution is 6.30. The fourth-order valence-electron chi connectivity index (χ4n) is 1.53. The highest BCUT2D eigenvalue weighted by atomic mass is 35.5. The van der Waals surface area contributed by atoms with Gasteiger partial charge in [-0.25, -0.2) is 10.2 Å². The van der Waals surface area contributed by atoms with Gasteiger partial charge in [-0.15, -0.1) is 0 Å². The van der Waals surface area contributed by atoms with E-state index in [1.807, 2.05) is 6.07 Å². The first-order chi connectivity index (χ1) is 10.6. The van der Waals surface area contributed by atoms with Gasteiger partial charge < -0.3 is 10.1 Å². The van der Waals surface area contributed by atoms with Gasteiger partial charge in [-0.3, -0.25) is 10.2 Å². The van der Waals surface area contributed by atoms with E-state index in [4.69, 9.17) is 16.3 Å². The molecule has 0 aliphatic carbocycles. The summed E-state index contributed by atoms with van der Waals surface area (Å²) in [5.74, 6) is 0.0199. The van der Waals surface area contributed by atoms with Gasteiger partial charge in [-0.1, -0.05) is 29.8 Å². The third-order valence-electron chi connectivity index (χ3n) is 2.53. The van der Waals surface area contributed by atoms with E-state index < -0.39 is 11.9 Å². The third kappa shape index (κ3) is 5.34. The first-order valence-corrected chi connectivity index (χ1v) is 6.80. The minimum Gasteiger partial charge on any atom is -0.484 e. The zero-order chi connectivity index (χ0) is 15.8. The lowest BCUT2D eigenvalue weighted by atomic mass is 10.3. The molecule has 0 aromatic heterocycles. The van der Waals surface area contributed by atoms with Crippen LogP contribution in [0.1, 0.15) is 0 Å². The van der Waals surface area contributed by atoms with Crippen LogP contribution in [0.2, 0.25) is 5.02 Å². The average molecular weight is 320 g/mol. The van der Waals surface area contributed by atoms with Crippen molar-refractivity contribution < 1.29 is 14.3 Å². The predicted molar refractivity (Wildman–Crippen MR) is 83.7 cm³/mol. The van der Waals surface area contributed by atoms with Gasteiger partial charge in [0.05, 0.1) is 0 Å². The van der Waals surface area contributed by atoms with E-state index in [9.17, 15) is 9.59 Å². The molecule has 0 aliphatic rings. The van der Waals surface area contributed by atoms with Gasteiger partial charge in [0.15, 0.2) is 6.61 Å². The number of hydrogen-bond acceptors (Lipinski definition) is 3. The van der Waals surface area contributed by atoms with Crippen molar-refractivity contribution in [2.75, 3.05) is 11.9 Å². The summed E-state index contributed by atoms with van der Waals surface area (Å²) in [4.78, 5) is 23.1. The molecule has 0 heterocycles. The molecule has 0 unspecified atom stereocenters. The Morgan fingerprint density at radius 3 is 2.32 bits per heavy atom. The number of carbonyl (C=O) groups is 2. The van der Waals surface area contributed by atoms with Crippen molar-refractivity contribution in [3.8, 4) is 5.75 Å². The van der Waals surface area contributed by atoms with Gasteiger partial charge in [0.1, 0.15) is 5.75 Å². The number of carbonyl (C=O) groups excluding carboxylic acids is 2. The second kappa shape index (κ2) is 7.90. The summed E-state index contributed by atoms with van der Waals surface area (Å²) in [7, 11) is 0. The Kier molecular flexibility index (Phi) is 5.62. The van der Waals surface area contributed by atoms with Crippen LogP contribution in [0.25, 0.3) is 0 Å². The molecule has 0 spiro atoms. The van der Waals surface area contributed by atoms with Crippen molar-refractivity contribution in [3.05, 3.63) is 59.6 Å². The number of anilines is 1. The molecule has 0 saturated heterocycles. The number of amides is 3. The lowest BCUT2D eigenvalue weighted by molar-refractivity contribution is -0.123. The normalized spacial score (nSPS) is 9.68. The summed E-state index contributed by atoms with van der Waals surface area (Å²) < 4.78 is 5.23. The van der Waals surface area contributed by atoms with Crippen LogP contribution in [0.3, 0.4) is 0 Å². The number of hydrazine groups is 1. The summed E-state index contributed by atoms with van der Waals surface area (Å²) in [6.45, 7) is -0.229. The maximum absolute atomic E-state index is 11.5. The van der Waals surface area contributed by atoms with Crippen LogP contribution in [-0.4, -0.2) is 18.5 Å². The number of nitrogens with one attached hydrogen (secondary N) is 3. The van der Waals surface area contributed by atoms with Gasteiger partial charge in [0, 0.05) is 10.7 Å². The van der Waals surface area contributed by atoms with Crippen LogP contribution >= 0.6 is 11.6 Å². The van der Waals surface area contributed by atoms with E-state index in [2.05, 4.69) is 16.2 Å². The summed E-state index contributed by atoms with van der Waals surface area (Å²) in [6.07, 6.45) is 0. The quantitative estimate of drug-likeness (QED) is 0.758. The monoisotopic (exact) mass is 319 g/mol. The number of urea groups is 1. The molecule has 0 fully saturated rings. The Bertz CT molecular complexity index is 632. The molecule has 2 rings (SSSR count). The predicted octanol–water partition coefficient (Wildman–Crippen LogP) is 2.57. The van der Waals surface area contributed by atoms with E-state index in [0.29, 0.717) is 16.5 Å². The average Bonchev–Trinajstić information content (AvgIpc) is 2.53. The Hall–Kier alpha value is -2.73. The molecule has 0 aliphatic heterocycles. The number of para-hydroxylation sites is 1. The molecule has 0 bridgehead atoms. The van der Waals surface area contributed by atoms with Gasteiger partial charge in [0.25, 0.3) is 5.91 Å². The van der Waals surface area contributed by atoms with Crippen molar-refractivity contribution in [3.63, 3.8) is 0 Å². The summed E-state index contributed by atoms with van der Waals surface area (Å²) in [5, 5.41) is 3.14. The first kappa shape index (κ1) is 15.7. The SMILES string of the molecule is O=C(COc1ccc(Cl)cc1)NNC(=O)Nc1ccccc1. The number of hydrogen-bond donors (Lipinski definition) is 3. The Balaban J connectivity index is 1.69. The van der Waals surface area contributed by atoms with Crippen LogP contribution in [0, 0.1) is 0 Å². The zero-order valence-corrected chi connectivity index (χ0v) is 12.3. The van der Waals surface area contributed by atoms with Gasteiger partial charge in [-0.2, -0.15) is 0 Å². The summed E-state index contributed by atoms with van der Waals surface area (Å²) in [6, 6.07) is 14.9. The maximum Gasteiger partial charge on any atom is 0.337 e. The standard InChI is InChI=1S/C15H14ClN3O3/c16-11-6-8-13(9-7-11)22-10-14(20)18-19-15(21)17-12-4-2-1-3-5-12/h1-9H,10H2,(H,18,20)(H2,17,19,21). The third-order valence-corrected chi connectivity index (χ3v) is 2.78. The van der Waals surface area contributed by atoms with Crippen LogP contribution in [0.4, 0.5) is 10.5 Å². The first-order valence-electron chi connectivity index (χ1n) is 6.43. The minimum atomic E-state index is -0.550. The molecule has 0 saturated carbocycles. The Morgan fingerprint density at radius 2 is 1.64 bits per heavy atom. The molecule has 7 heteroatoms. The largest absolute Gasteiger partial charge is 0.484 e. The molecule has 3 N–H and O–H groups in total. The Labute approximate surface area is 132 Å². The van der Waals surface area contributed by atoms with E-state index in [1.54, 1.807) is 48.5 Å². The van der Waals surface area contributed by atoms with Crippen molar-refractivity contribution in [1.82, 2.24) is 10.9 Å². The topological polar surface area (TPSA) is 79.5 Å². The second-order valence-corrected chi connectivity index (χ2v) is 4.67. The van der Waals surface area contributed by atoms with Crippen LogP contribution < -0.4 is 20.9 Å². The lowest BCUT2D eigenvalue weighted by Gasteiger charge is -2.09. The smallest absolute Gasteiger partial charge is 0.337 e. The number of halogens is 1. The minimum absolute atomic E-state index is 0.229. The van der Waals surface area contributed by atoms with Crippen molar-refractivity contribution >= 4 is 29.2 Å². The van der Waals surface area contributed by atoms with E-state index in [1.165, 1.54) is 0 Å². The Morgan fingerprint density at radius 1 is 0.955 bits per heavy atom. The van der Waals surface area contributed by atoms with Gasteiger partial charge >= 0.3 is 6.03 Å².